The van der Waals surface area contributed by atoms with Gasteiger partial charge in [-0.2, -0.15) is 0 Å². The quantitative estimate of drug-likeness (QED) is 0.287. The molecule has 0 aliphatic heterocycles. The van der Waals surface area contributed by atoms with Crippen LogP contribution in [0.5, 0.6) is 0 Å². The minimum absolute atomic E-state index is 0.00120. The Kier molecular flexibility index (Phi) is 10.3. The van der Waals surface area contributed by atoms with E-state index in [1.54, 1.807) is 67.6 Å². The molecule has 7 nitrogen and oxygen atoms in total. The van der Waals surface area contributed by atoms with E-state index in [-0.39, 0.29) is 23.4 Å². The summed E-state index contributed by atoms with van der Waals surface area (Å²) in [5.74, 6) is -0.828. The summed E-state index contributed by atoms with van der Waals surface area (Å²) in [4.78, 5) is 28.9. The first-order valence-corrected chi connectivity index (χ1v) is 15.9. The van der Waals surface area contributed by atoms with Crippen LogP contribution >= 0.6 is 23.2 Å². The van der Waals surface area contributed by atoms with Crippen LogP contribution in [0.3, 0.4) is 0 Å². The van der Waals surface area contributed by atoms with Crippen molar-refractivity contribution in [3.63, 3.8) is 0 Å². The molecule has 1 aliphatic carbocycles. The second kappa shape index (κ2) is 13.7. The van der Waals surface area contributed by atoms with Gasteiger partial charge in [0.15, 0.2) is 0 Å². The normalized spacial score (nSPS) is 14.7. The molecule has 3 aromatic rings. The third-order valence-electron chi connectivity index (χ3n) is 7.41. The van der Waals surface area contributed by atoms with Crippen LogP contribution < -0.4 is 9.62 Å². The highest BCUT2D eigenvalue weighted by atomic mass is 35.5. The SMILES string of the molecule is Cc1ccc(N(CC(=O)N(Cc2ccc(Cl)cc2Cl)C(C)C(=O)NC2CCCCC2)S(=O)(=O)c2ccccc2)cc1. The van der Waals surface area contributed by atoms with Crippen molar-refractivity contribution in [1.29, 1.82) is 0 Å². The van der Waals surface area contributed by atoms with Gasteiger partial charge in [0.25, 0.3) is 10.0 Å². The molecule has 218 valence electrons. The van der Waals surface area contributed by atoms with Crippen LogP contribution in [-0.2, 0) is 26.2 Å². The predicted octanol–water partition coefficient (Wildman–Crippen LogP) is 6.36. The molecule has 4 rings (SSSR count). The predicted molar refractivity (Wildman–Crippen MR) is 164 cm³/mol. The third kappa shape index (κ3) is 7.82. The lowest BCUT2D eigenvalue weighted by atomic mass is 9.95. The van der Waals surface area contributed by atoms with Crippen LogP contribution in [0.1, 0.15) is 50.2 Å². The molecule has 1 saturated carbocycles. The summed E-state index contributed by atoms with van der Waals surface area (Å²) in [5, 5.41) is 3.89. The number of hydrogen-bond acceptors (Lipinski definition) is 4. The number of benzene rings is 3. The average Bonchev–Trinajstić information content (AvgIpc) is 2.96. The van der Waals surface area contributed by atoms with E-state index in [0.29, 0.717) is 21.3 Å². The first-order chi connectivity index (χ1) is 19.6. The molecule has 1 atom stereocenters. The molecule has 10 heteroatoms. The fraction of sp³-hybridized carbons (Fsp3) is 0.355. The molecule has 1 aliphatic rings. The van der Waals surface area contributed by atoms with Crippen LogP contribution in [0.15, 0.2) is 77.7 Å². The van der Waals surface area contributed by atoms with Crippen molar-refractivity contribution in [3.8, 4) is 0 Å². The number of nitrogens with zero attached hydrogens (tertiary/aromatic N) is 2. The van der Waals surface area contributed by atoms with E-state index in [4.69, 9.17) is 23.2 Å². The number of carbonyl (C=O) groups excluding carboxylic acids is 2. The molecule has 0 heterocycles. The molecule has 0 aromatic heterocycles. The highest BCUT2D eigenvalue weighted by Gasteiger charge is 2.33. The van der Waals surface area contributed by atoms with Gasteiger partial charge in [-0.3, -0.25) is 13.9 Å². The van der Waals surface area contributed by atoms with E-state index < -0.39 is 28.5 Å². The molecule has 3 aromatic carbocycles. The minimum Gasteiger partial charge on any atom is -0.352 e. The highest BCUT2D eigenvalue weighted by molar-refractivity contribution is 7.92. The summed E-state index contributed by atoms with van der Waals surface area (Å²) in [6, 6.07) is 19.0. The Balaban J connectivity index is 1.68. The number of anilines is 1. The summed E-state index contributed by atoms with van der Waals surface area (Å²) >= 11 is 12.5. The van der Waals surface area contributed by atoms with Gasteiger partial charge in [-0.25, -0.2) is 8.42 Å². The average molecular weight is 617 g/mol. The van der Waals surface area contributed by atoms with E-state index in [1.165, 1.54) is 17.0 Å². The molecule has 2 amide bonds. The van der Waals surface area contributed by atoms with Gasteiger partial charge in [-0.05, 0) is 68.7 Å². The van der Waals surface area contributed by atoms with Gasteiger partial charge in [0.1, 0.15) is 12.6 Å². The Morgan fingerprint density at radius 2 is 1.61 bits per heavy atom. The summed E-state index contributed by atoms with van der Waals surface area (Å²) in [5.41, 5.74) is 1.88. The van der Waals surface area contributed by atoms with Crippen molar-refractivity contribution in [2.75, 3.05) is 10.8 Å². The summed E-state index contributed by atoms with van der Waals surface area (Å²) in [7, 11) is -4.11. The zero-order chi connectivity index (χ0) is 29.6. The zero-order valence-electron chi connectivity index (χ0n) is 23.2. The van der Waals surface area contributed by atoms with Crippen LogP contribution in [0.4, 0.5) is 5.69 Å². The maximum Gasteiger partial charge on any atom is 0.264 e. The largest absolute Gasteiger partial charge is 0.352 e. The van der Waals surface area contributed by atoms with Crippen LogP contribution in [0, 0.1) is 6.92 Å². The maximum absolute atomic E-state index is 14.1. The molecule has 0 radical (unpaired) electrons. The van der Waals surface area contributed by atoms with Crippen molar-refractivity contribution >= 4 is 50.7 Å². The second-order valence-electron chi connectivity index (χ2n) is 10.4. The van der Waals surface area contributed by atoms with Gasteiger partial charge in [0, 0.05) is 22.6 Å². The second-order valence-corrected chi connectivity index (χ2v) is 13.1. The van der Waals surface area contributed by atoms with Crippen molar-refractivity contribution in [1.82, 2.24) is 10.2 Å². The molecule has 1 unspecified atom stereocenters. The molecule has 0 saturated heterocycles. The number of rotatable bonds is 10. The molecule has 1 fully saturated rings. The summed E-state index contributed by atoms with van der Waals surface area (Å²) in [6.45, 7) is 3.05. The number of hydrogen-bond donors (Lipinski definition) is 1. The Hall–Kier alpha value is -3.07. The van der Waals surface area contributed by atoms with Gasteiger partial charge < -0.3 is 10.2 Å². The van der Waals surface area contributed by atoms with E-state index in [0.717, 1.165) is 42.0 Å². The first kappa shape index (κ1) is 30.9. The monoisotopic (exact) mass is 615 g/mol. The lowest BCUT2D eigenvalue weighted by Gasteiger charge is -2.33. The topological polar surface area (TPSA) is 86.8 Å². The van der Waals surface area contributed by atoms with Gasteiger partial charge in [0.05, 0.1) is 10.6 Å². The lowest BCUT2D eigenvalue weighted by Crippen LogP contribution is -2.53. The summed E-state index contributed by atoms with van der Waals surface area (Å²) < 4.78 is 28.8. The van der Waals surface area contributed by atoms with Crippen LogP contribution in [0.25, 0.3) is 0 Å². The molecular weight excluding hydrogens is 581 g/mol. The fourth-order valence-electron chi connectivity index (χ4n) is 4.94. The molecule has 1 N–H and O–H groups in total. The minimum atomic E-state index is -4.11. The number of sulfonamides is 1. The van der Waals surface area contributed by atoms with Crippen LogP contribution in [-0.4, -0.2) is 43.8 Å². The van der Waals surface area contributed by atoms with E-state index in [9.17, 15) is 18.0 Å². The number of amides is 2. The maximum atomic E-state index is 14.1. The van der Waals surface area contributed by atoms with Gasteiger partial charge in [-0.1, -0.05) is 84.4 Å². The summed E-state index contributed by atoms with van der Waals surface area (Å²) in [6.07, 6.45) is 5.03. The Morgan fingerprint density at radius 1 is 0.951 bits per heavy atom. The smallest absolute Gasteiger partial charge is 0.264 e. The van der Waals surface area contributed by atoms with Gasteiger partial charge in [0.2, 0.25) is 11.8 Å². The highest BCUT2D eigenvalue weighted by Crippen LogP contribution is 2.27. The van der Waals surface area contributed by atoms with E-state index in [2.05, 4.69) is 5.32 Å². The number of aryl methyl sites for hydroxylation is 1. The van der Waals surface area contributed by atoms with Gasteiger partial charge in [-0.15, -0.1) is 0 Å². The van der Waals surface area contributed by atoms with E-state index in [1.807, 2.05) is 6.92 Å². The van der Waals surface area contributed by atoms with Gasteiger partial charge >= 0.3 is 0 Å². The Morgan fingerprint density at radius 3 is 2.24 bits per heavy atom. The van der Waals surface area contributed by atoms with Crippen molar-refractivity contribution in [3.05, 3.63) is 94.0 Å². The number of carbonyl (C=O) groups is 2. The number of nitrogens with one attached hydrogen (secondary N) is 1. The molecule has 0 spiro atoms. The standard InChI is InChI=1S/C31H35Cl2N3O4S/c1-22-13-17-27(18-14-22)36(41(39,40)28-11-7-4-8-12-28)21-30(37)35(20-24-15-16-25(32)19-29(24)33)23(2)31(38)34-26-9-5-3-6-10-26/h4,7-8,11-19,23,26H,3,5-6,9-10,20-21H2,1-2H3,(H,34,38). The molecule has 0 bridgehead atoms. The van der Waals surface area contributed by atoms with Crippen LogP contribution in [0.2, 0.25) is 10.0 Å². The Labute approximate surface area is 252 Å². The lowest BCUT2D eigenvalue weighted by molar-refractivity contribution is -0.139. The third-order valence-corrected chi connectivity index (χ3v) is 9.78. The first-order valence-electron chi connectivity index (χ1n) is 13.7. The van der Waals surface area contributed by atoms with Crippen molar-refractivity contribution < 1.29 is 18.0 Å². The van der Waals surface area contributed by atoms with Crippen molar-refractivity contribution in [2.45, 2.75) is 69.5 Å². The zero-order valence-corrected chi connectivity index (χ0v) is 25.6. The fourth-order valence-corrected chi connectivity index (χ4v) is 6.85. The molecule has 41 heavy (non-hydrogen) atoms. The number of halogens is 2. The molecular formula is C31H35Cl2N3O4S. The Bertz CT molecular complexity index is 1460. The van der Waals surface area contributed by atoms with E-state index >= 15 is 0 Å². The van der Waals surface area contributed by atoms with Crippen molar-refractivity contribution in [2.24, 2.45) is 0 Å².